The molecule has 4 nitrogen and oxygen atoms in total. The molecule has 0 heterocycles. The fraction of sp³-hybridized carbons (Fsp3) is 0.600. The molecule has 25 heavy (non-hydrogen) atoms. The van der Waals surface area contributed by atoms with Crippen LogP contribution in [0.5, 0.6) is 0 Å². The van der Waals surface area contributed by atoms with Crippen LogP contribution in [0.2, 0.25) is 0 Å². The maximum absolute atomic E-state index is 14.5. The van der Waals surface area contributed by atoms with E-state index in [1.807, 2.05) is 0 Å². The average Bonchev–Trinajstić information content (AvgIpc) is 3.03. The van der Waals surface area contributed by atoms with Crippen LogP contribution >= 0.6 is 0 Å². The molecule has 2 aliphatic rings. The summed E-state index contributed by atoms with van der Waals surface area (Å²) in [5.74, 6) is -0.354. The van der Waals surface area contributed by atoms with Crippen LogP contribution < -0.4 is 5.32 Å². The Morgan fingerprint density at radius 3 is 2.64 bits per heavy atom. The second-order valence-corrected chi connectivity index (χ2v) is 7.28. The fourth-order valence-electron chi connectivity index (χ4n) is 3.85. The molecule has 2 rings (SSSR count). The molecule has 0 radical (unpaired) electrons. The smallest absolute Gasteiger partial charge is 0.219 e. The highest BCUT2D eigenvalue weighted by molar-refractivity contribution is 5.76. The van der Waals surface area contributed by atoms with Crippen LogP contribution in [-0.4, -0.2) is 25.3 Å². The van der Waals surface area contributed by atoms with Gasteiger partial charge in [0.2, 0.25) is 5.91 Å². The summed E-state index contributed by atoms with van der Waals surface area (Å²) >= 11 is 0. The van der Waals surface area contributed by atoms with Crippen molar-refractivity contribution in [1.29, 1.82) is 0 Å². The fourth-order valence-corrected chi connectivity index (χ4v) is 3.85. The monoisotopic (exact) mass is 349 g/mol. The third-order valence-corrected chi connectivity index (χ3v) is 5.59. The molecule has 2 aliphatic carbocycles. The zero-order chi connectivity index (χ0) is 18.4. The van der Waals surface area contributed by atoms with Crippen LogP contribution in [0.4, 0.5) is 4.39 Å². The van der Waals surface area contributed by atoms with Gasteiger partial charge in [0.05, 0.1) is 0 Å². The minimum Gasteiger partial charge on any atom is -0.483 e. The second-order valence-electron chi connectivity index (χ2n) is 7.28. The van der Waals surface area contributed by atoms with Gasteiger partial charge in [0.15, 0.2) is 12.4 Å². The first-order valence-electron chi connectivity index (χ1n) is 8.97. The number of ether oxygens (including phenoxy) is 1. The predicted molar refractivity (Wildman–Crippen MR) is 95.3 cm³/mol. The summed E-state index contributed by atoms with van der Waals surface area (Å²) in [5, 5.41) is 2.48. The number of rotatable bonds is 9. The van der Waals surface area contributed by atoms with Crippen LogP contribution in [-0.2, 0) is 14.3 Å². The van der Waals surface area contributed by atoms with Gasteiger partial charge in [-0.3, -0.25) is 9.59 Å². The lowest BCUT2D eigenvalue weighted by Gasteiger charge is -2.38. The van der Waals surface area contributed by atoms with Gasteiger partial charge in [-0.2, -0.15) is 0 Å². The van der Waals surface area contributed by atoms with Gasteiger partial charge >= 0.3 is 0 Å². The highest BCUT2D eigenvalue weighted by Crippen LogP contribution is 2.56. The van der Waals surface area contributed by atoms with Gasteiger partial charge in [0.1, 0.15) is 11.6 Å². The standard InChI is InChI=1S/C20H28FNO3/c1-14(25-17(13-23)5-6-19(24)22-3)11-18(21)15(2)16-7-10-20(12-16)8-4-9-20/h11,13,16-17H,1-2,4-10,12H2,3H3,(H,22,24)/b18-11+. The number of halogens is 1. The summed E-state index contributed by atoms with van der Waals surface area (Å²) in [5.41, 5.74) is 0.936. The Labute approximate surface area is 149 Å². The van der Waals surface area contributed by atoms with E-state index in [0.717, 1.165) is 19.3 Å². The molecule has 5 heteroatoms. The summed E-state index contributed by atoms with van der Waals surface area (Å²) in [6, 6.07) is 0. The number of aldehydes is 1. The van der Waals surface area contributed by atoms with Crippen molar-refractivity contribution < 1.29 is 18.7 Å². The molecule has 0 aromatic carbocycles. The summed E-state index contributed by atoms with van der Waals surface area (Å²) in [7, 11) is 1.53. The van der Waals surface area contributed by atoms with Crippen molar-refractivity contribution in [3.8, 4) is 0 Å². The van der Waals surface area contributed by atoms with Crippen LogP contribution in [0.1, 0.15) is 51.4 Å². The molecule has 0 aromatic rings. The molecule has 2 saturated carbocycles. The van der Waals surface area contributed by atoms with E-state index >= 15 is 0 Å². The summed E-state index contributed by atoms with van der Waals surface area (Å²) in [6.45, 7) is 7.58. The minimum absolute atomic E-state index is 0.0732. The predicted octanol–water partition coefficient (Wildman–Crippen LogP) is 3.99. The molecular formula is C20H28FNO3. The lowest BCUT2D eigenvalue weighted by molar-refractivity contribution is -0.122. The number of amides is 1. The Kier molecular flexibility index (Phi) is 6.57. The van der Waals surface area contributed by atoms with Crippen molar-refractivity contribution in [2.75, 3.05) is 7.05 Å². The average molecular weight is 349 g/mol. The van der Waals surface area contributed by atoms with Gasteiger partial charge in [-0.05, 0) is 55.4 Å². The molecule has 0 aliphatic heterocycles. The van der Waals surface area contributed by atoms with Gasteiger partial charge in [-0.1, -0.05) is 19.6 Å². The largest absolute Gasteiger partial charge is 0.483 e. The molecule has 0 saturated heterocycles. The number of carbonyl (C=O) groups is 2. The van der Waals surface area contributed by atoms with E-state index < -0.39 is 11.9 Å². The lowest BCUT2D eigenvalue weighted by atomic mass is 9.67. The highest BCUT2D eigenvalue weighted by Gasteiger charge is 2.44. The molecule has 1 N–H and O–H groups in total. The quantitative estimate of drug-likeness (QED) is 0.389. The van der Waals surface area contributed by atoms with Crippen molar-refractivity contribution in [2.24, 2.45) is 11.3 Å². The van der Waals surface area contributed by atoms with Crippen LogP contribution in [0.15, 0.2) is 36.4 Å². The van der Waals surface area contributed by atoms with Gasteiger partial charge < -0.3 is 10.1 Å². The van der Waals surface area contributed by atoms with E-state index in [0.29, 0.717) is 17.3 Å². The molecule has 2 fully saturated rings. The van der Waals surface area contributed by atoms with Crippen molar-refractivity contribution in [3.05, 3.63) is 36.4 Å². The Balaban J connectivity index is 1.85. The Morgan fingerprint density at radius 1 is 1.40 bits per heavy atom. The summed E-state index contributed by atoms with van der Waals surface area (Å²) < 4.78 is 19.8. The topological polar surface area (TPSA) is 55.4 Å². The maximum atomic E-state index is 14.5. The summed E-state index contributed by atoms with van der Waals surface area (Å²) in [4.78, 5) is 22.3. The molecule has 0 bridgehead atoms. The van der Waals surface area contributed by atoms with E-state index in [4.69, 9.17) is 4.74 Å². The molecule has 138 valence electrons. The van der Waals surface area contributed by atoms with E-state index in [9.17, 15) is 14.0 Å². The number of hydrogen-bond donors (Lipinski definition) is 1. The first-order valence-corrected chi connectivity index (χ1v) is 8.97. The van der Waals surface area contributed by atoms with E-state index in [1.54, 1.807) is 0 Å². The van der Waals surface area contributed by atoms with Crippen LogP contribution in [0, 0.1) is 11.3 Å². The van der Waals surface area contributed by atoms with Gasteiger partial charge in [-0.25, -0.2) is 4.39 Å². The molecule has 2 unspecified atom stereocenters. The number of allylic oxidation sites excluding steroid dienone is 3. The Morgan fingerprint density at radius 2 is 2.12 bits per heavy atom. The van der Waals surface area contributed by atoms with Gasteiger partial charge in [0.25, 0.3) is 0 Å². The van der Waals surface area contributed by atoms with Gasteiger partial charge in [0, 0.05) is 19.5 Å². The van der Waals surface area contributed by atoms with Gasteiger partial charge in [-0.15, -0.1) is 0 Å². The molecule has 2 atom stereocenters. The normalized spacial score (nSPS) is 22.8. The second kappa shape index (κ2) is 8.45. The number of nitrogens with one attached hydrogen (secondary N) is 1. The SMILES string of the molecule is C=C(/C=C(/F)C(=C)C1CCC2(CCC2)C1)OC(C=O)CCC(=O)NC. The third kappa shape index (κ3) is 5.03. The summed E-state index contributed by atoms with van der Waals surface area (Å²) in [6.07, 6.45) is 8.33. The van der Waals surface area contributed by atoms with Crippen molar-refractivity contribution in [1.82, 2.24) is 5.32 Å². The number of hydrogen-bond acceptors (Lipinski definition) is 3. The van der Waals surface area contributed by atoms with E-state index in [-0.39, 0.29) is 30.4 Å². The van der Waals surface area contributed by atoms with E-state index in [1.165, 1.54) is 32.4 Å². The number of carbonyl (C=O) groups excluding carboxylic acids is 2. The van der Waals surface area contributed by atoms with Crippen LogP contribution in [0.3, 0.4) is 0 Å². The minimum atomic E-state index is -0.813. The highest BCUT2D eigenvalue weighted by atomic mass is 19.1. The maximum Gasteiger partial charge on any atom is 0.219 e. The zero-order valence-corrected chi connectivity index (χ0v) is 15.0. The van der Waals surface area contributed by atoms with Crippen molar-refractivity contribution in [3.63, 3.8) is 0 Å². The molecule has 0 aromatic heterocycles. The molecular weight excluding hydrogens is 321 g/mol. The molecule has 1 spiro atoms. The van der Waals surface area contributed by atoms with Crippen LogP contribution in [0.25, 0.3) is 0 Å². The lowest BCUT2D eigenvalue weighted by Crippen LogP contribution is -2.25. The van der Waals surface area contributed by atoms with E-state index in [2.05, 4.69) is 18.5 Å². The third-order valence-electron chi connectivity index (χ3n) is 5.59. The first-order chi connectivity index (χ1) is 11.9. The first kappa shape index (κ1) is 19.4. The molecule has 1 amide bonds. The Hall–Kier alpha value is -1.91. The zero-order valence-electron chi connectivity index (χ0n) is 15.0. The Bertz CT molecular complexity index is 577. The van der Waals surface area contributed by atoms with Crippen molar-refractivity contribution >= 4 is 12.2 Å². The van der Waals surface area contributed by atoms with Crippen molar-refractivity contribution in [2.45, 2.75) is 57.5 Å².